The first kappa shape index (κ1) is 14.4. The maximum atomic E-state index is 11.8. The Morgan fingerprint density at radius 2 is 1.73 bits per heavy atom. The highest BCUT2D eigenvalue weighted by molar-refractivity contribution is 5.81. The summed E-state index contributed by atoms with van der Waals surface area (Å²) >= 11 is 0. The Morgan fingerprint density at radius 1 is 1.20 bits per heavy atom. The number of likely N-dealkylation sites (N-methyl/N-ethyl adjacent to an activating group) is 1. The third-order valence-electron chi connectivity index (χ3n) is 2.46. The van der Waals surface area contributed by atoms with E-state index in [1.165, 1.54) is 0 Å². The summed E-state index contributed by atoms with van der Waals surface area (Å²) in [7, 11) is 1.84. The maximum Gasteiger partial charge on any atom is 0.239 e. The minimum absolute atomic E-state index is 0.0735. The maximum absolute atomic E-state index is 11.8. The van der Waals surface area contributed by atoms with E-state index < -0.39 is 0 Å². The van der Waals surface area contributed by atoms with Crippen LogP contribution < -0.4 is 5.73 Å². The molecule has 15 heavy (non-hydrogen) atoms. The lowest BCUT2D eigenvalue weighted by molar-refractivity contribution is -0.131. The van der Waals surface area contributed by atoms with Gasteiger partial charge in [0.2, 0.25) is 5.91 Å². The molecule has 0 aliphatic rings. The molecule has 3 heteroatoms. The van der Waals surface area contributed by atoms with Crippen molar-refractivity contribution in [1.82, 2.24) is 4.90 Å². The summed E-state index contributed by atoms with van der Waals surface area (Å²) in [4.78, 5) is 13.5. The van der Waals surface area contributed by atoms with E-state index in [2.05, 4.69) is 27.7 Å². The van der Waals surface area contributed by atoms with Crippen LogP contribution in [-0.2, 0) is 4.79 Å². The fraction of sp³-hybridized carbons (Fsp3) is 0.917. The first-order valence-corrected chi connectivity index (χ1v) is 5.85. The molecule has 0 aromatic heterocycles. The van der Waals surface area contributed by atoms with Gasteiger partial charge in [-0.1, -0.05) is 27.7 Å². The molecule has 0 heterocycles. The van der Waals surface area contributed by atoms with Crippen LogP contribution in [0, 0.1) is 11.8 Å². The number of nitrogens with two attached hydrogens (primary N) is 1. The van der Waals surface area contributed by atoms with Gasteiger partial charge in [-0.3, -0.25) is 4.79 Å². The van der Waals surface area contributed by atoms with Crippen LogP contribution in [0.4, 0.5) is 0 Å². The summed E-state index contributed by atoms with van der Waals surface area (Å²) in [5.74, 6) is 1.17. The zero-order valence-corrected chi connectivity index (χ0v) is 10.8. The van der Waals surface area contributed by atoms with Crippen LogP contribution in [0.3, 0.4) is 0 Å². The van der Waals surface area contributed by atoms with Crippen molar-refractivity contribution in [3.63, 3.8) is 0 Å². The highest BCUT2D eigenvalue weighted by Crippen LogP contribution is 2.07. The molecule has 0 saturated carbocycles. The molecule has 1 amide bonds. The largest absolute Gasteiger partial charge is 0.344 e. The smallest absolute Gasteiger partial charge is 0.239 e. The predicted octanol–water partition coefficient (Wildman–Crippen LogP) is 1.86. The van der Waals surface area contributed by atoms with Crippen LogP contribution in [0.2, 0.25) is 0 Å². The monoisotopic (exact) mass is 214 g/mol. The topological polar surface area (TPSA) is 46.3 Å². The molecule has 2 N–H and O–H groups in total. The van der Waals surface area contributed by atoms with Crippen LogP contribution in [0.1, 0.15) is 40.5 Å². The number of rotatable bonds is 6. The van der Waals surface area contributed by atoms with Gasteiger partial charge < -0.3 is 10.6 Å². The number of carbonyl (C=O) groups excluding carboxylic acids is 1. The number of hydrogen-bond donors (Lipinski definition) is 1. The lowest BCUT2D eigenvalue weighted by atomic mass is 10.0. The first-order valence-electron chi connectivity index (χ1n) is 5.85. The minimum Gasteiger partial charge on any atom is -0.344 e. The molecule has 0 rings (SSSR count). The second-order valence-electron chi connectivity index (χ2n) is 5.18. The Morgan fingerprint density at radius 3 is 2.13 bits per heavy atom. The fourth-order valence-corrected chi connectivity index (χ4v) is 1.45. The number of carbonyl (C=O) groups is 1. The zero-order valence-electron chi connectivity index (χ0n) is 10.8. The molecule has 3 nitrogen and oxygen atoms in total. The average Bonchev–Trinajstić information content (AvgIpc) is 2.11. The van der Waals surface area contributed by atoms with E-state index in [9.17, 15) is 4.79 Å². The second-order valence-corrected chi connectivity index (χ2v) is 5.18. The average molecular weight is 214 g/mol. The Hall–Kier alpha value is -0.570. The summed E-state index contributed by atoms with van der Waals surface area (Å²) < 4.78 is 0. The SMILES string of the molecule is CC(C)CCN(C)C(=O)C(N)CC(C)C. The molecule has 0 spiro atoms. The van der Waals surface area contributed by atoms with Gasteiger partial charge >= 0.3 is 0 Å². The second kappa shape index (κ2) is 6.83. The third-order valence-corrected chi connectivity index (χ3v) is 2.46. The van der Waals surface area contributed by atoms with Crippen LogP contribution in [-0.4, -0.2) is 30.4 Å². The van der Waals surface area contributed by atoms with Gasteiger partial charge in [0, 0.05) is 13.6 Å². The molecule has 0 radical (unpaired) electrons. The van der Waals surface area contributed by atoms with E-state index in [0.29, 0.717) is 11.8 Å². The Bertz CT molecular complexity index is 190. The molecule has 0 aromatic carbocycles. The molecule has 0 fully saturated rings. The van der Waals surface area contributed by atoms with E-state index >= 15 is 0 Å². The fourth-order valence-electron chi connectivity index (χ4n) is 1.45. The van der Waals surface area contributed by atoms with Crippen LogP contribution in [0.15, 0.2) is 0 Å². The predicted molar refractivity (Wildman–Crippen MR) is 64.5 cm³/mol. The van der Waals surface area contributed by atoms with Crippen molar-refractivity contribution in [2.75, 3.05) is 13.6 Å². The summed E-state index contributed by atoms with van der Waals surface area (Å²) in [6, 6.07) is -0.331. The van der Waals surface area contributed by atoms with Crippen LogP contribution in [0.25, 0.3) is 0 Å². The van der Waals surface area contributed by atoms with Crippen LogP contribution in [0.5, 0.6) is 0 Å². The summed E-state index contributed by atoms with van der Waals surface area (Å²) in [5, 5.41) is 0. The lowest BCUT2D eigenvalue weighted by Crippen LogP contribution is -2.43. The van der Waals surface area contributed by atoms with E-state index in [1.807, 2.05) is 7.05 Å². The van der Waals surface area contributed by atoms with Gasteiger partial charge in [-0.15, -0.1) is 0 Å². The molecule has 0 aromatic rings. The number of nitrogens with zero attached hydrogens (tertiary/aromatic N) is 1. The van der Waals surface area contributed by atoms with Gasteiger partial charge in [-0.05, 0) is 24.7 Å². The number of amides is 1. The van der Waals surface area contributed by atoms with Crippen molar-refractivity contribution in [3.8, 4) is 0 Å². The molecule has 90 valence electrons. The Kier molecular flexibility index (Phi) is 6.57. The molecule has 1 unspecified atom stereocenters. The van der Waals surface area contributed by atoms with Gasteiger partial charge in [-0.25, -0.2) is 0 Å². The molecule has 0 saturated heterocycles. The zero-order chi connectivity index (χ0) is 12.0. The van der Waals surface area contributed by atoms with Gasteiger partial charge in [-0.2, -0.15) is 0 Å². The van der Waals surface area contributed by atoms with Gasteiger partial charge in [0.15, 0.2) is 0 Å². The van der Waals surface area contributed by atoms with Gasteiger partial charge in [0.25, 0.3) is 0 Å². The normalized spacial score (nSPS) is 13.3. The van der Waals surface area contributed by atoms with Crippen molar-refractivity contribution in [1.29, 1.82) is 0 Å². The lowest BCUT2D eigenvalue weighted by Gasteiger charge is -2.23. The molecule has 0 aliphatic carbocycles. The van der Waals surface area contributed by atoms with E-state index in [-0.39, 0.29) is 11.9 Å². The van der Waals surface area contributed by atoms with Crippen molar-refractivity contribution in [3.05, 3.63) is 0 Å². The van der Waals surface area contributed by atoms with Crippen molar-refractivity contribution < 1.29 is 4.79 Å². The van der Waals surface area contributed by atoms with Gasteiger partial charge in [0.1, 0.15) is 0 Å². The van der Waals surface area contributed by atoms with Crippen LogP contribution >= 0.6 is 0 Å². The minimum atomic E-state index is -0.331. The van der Waals surface area contributed by atoms with Crippen molar-refractivity contribution in [2.24, 2.45) is 17.6 Å². The molecule has 1 atom stereocenters. The first-order chi connectivity index (χ1) is 6.84. The Balaban J connectivity index is 3.96. The third kappa shape index (κ3) is 6.50. The highest BCUT2D eigenvalue weighted by Gasteiger charge is 2.18. The van der Waals surface area contributed by atoms with E-state index in [1.54, 1.807) is 4.90 Å². The van der Waals surface area contributed by atoms with E-state index in [0.717, 1.165) is 19.4 Å². The summed E-state index contributed by atoms with van der Waals surface area (Å²) in [5.41, 5.74) is 5.83. The highest BCUT2D eigenvalue weighted by atomic mass is 16.2. The number of hydrogen-bond acceptors (Lipinski definition) is 2. The Labute approximate surface area is 94.0 Å². The molecule has 0 aliphatic heterocycles. The molecular weight excluding hydrogens is 188 g/mol. The summed E-state index contributed by atoms with van der Waals surface area (Å²) in [6.45, 7) is 9.30. The standard InChI is InChI=1S/C12H26N2O/c1-9(2)6-7-14(5)12(15)11(13)8-10(3)4/h9-11H,6-8,13H2,1-5H3. The quantitative estimate of drug-likeness (QED) is 0.733. The van der Waals surface area contributed by atoms with E-state index in [4.69, 9.17) is 5.73 Å². The summed E-state index contributed by atoms with van der Waals surface area (Å²) in [6.07, 6.45) is 1.81. The molecule has 0 bridgehead atoms. The van der Waals surface area contributed by atoms with Gasteiger partial charge in [0.05, 0.1) is 6.04 Å². The van der Waals surface area contributed by atoms with Crippen molar-refractivity contribution >= 4 is 5.91 Å². The van der Waals surface area contributed by atoms with Crippen molar-refractivity contribution in [2.45, 2.75) is 46.6 Å². The molecular formula is C12H26N2O.